The Morgan fingerprint density at radius 2 is 2.18 bits per heavy atom. The van der Waals surface area contributed by atoms with E-state index in [-0.39, 0.29) is 5.56 Å². The Morgan fingerprint density at radius 3 is 2.71 bits per heavy atom. The summed E-state index contributed by atoms with van der Waals surface area (Å²) < 4.78 is 13.4. The van der Waals surface area contributed by atoms with Crippen LogP contribution >= 0.6 is 0 Å². The highest BCUT2D eigenvalue weighted by molar-refractivity contribution is 5.58. The maximum Gasteiger partial charge on any atom is 0.143 e. The Kier molecular flexibility index (Phi) is 3.06. The van der Waals surface area contributed by atoms with E-state index in [2.05, 4.69) is 19.2 Å². The molecule has 0 atom stereocenters. The van der Waals surface area contributed by atoms with Crippen LogP contribution in [0.5, 0.6) is 0 Å². The van der Waals surface area contributed by atoms with Crippen LogP contribution in [0.25, 0.3) is 0 Å². The first kappa shape index (κ1) is 11.9. The van der Waals surface area contributed by atoms with E-state index < -0.39 is 5.82 Å². The molecule has 1 fully saturated rings. The molecule has 2 nitrogen and oxygen atoms in total. The smallest absolute Gasteiger partial charge is 0.143 e. The van der Waals surface area contributed by atoms with Crippen LogP contribution in [0.3, 0.4) is 0 Å². The average Bonchev–Trinajstić information content (AvgIpc) is 3.07. The van der Waals surface area contributed by atoms with Gasteiger partial charge < -0.3 is 5.32 Å². The predicted octanol–water partition coefficient (Wildman–Crippen LogP) is 3.55. The normalized spacial score (nSPS) is 16.6. The first-order valence-electron chi connectivity index (χ1n) is 6.01. The van der Waals surface area contributed by atoms with Crippen LogP contribution in [0.4, 0.5) is 10.1 Å². The number of nitrogens with one attached hydrogen (secondary N) is 1. The minimum absolute atomic E-state index is 0.118. The summed E-state index contributed by atoms with van der Waals surface area (Å²) in [6, 6.07) is 6.63. The number of hydrogen-bond acceptors (Lipinski definition) is 2. The lowest BCUT2D eigenvalue weighted by molar-refractivity contribution is 0.380. The molecule has 17 heavy (non-hydrogen) atoms. The molecule has 0 spiro atoms. The van der Waals surface area contributed by atoms with Gasteiger partial charge in [0.2, 0.25) is 0 Å². The lowest BCUT2D eigenvalue weighted by Crippen LogP contribution is -2.21. The molecule has 1 saturated carbocycles. The number of halogens is 1. The van der Waals surface area contributed by atoms with Crippen molar-refractivity contribution >= 4 is 5.69 Å². The predicted molar refractivity (Wildman–Crippen MR) is 66.1 cm³/mol. The molecule has 0 heterocycles. The van der Waals surface area contributed by atoms with Crippen LogP contribution in [-0.4, -0.2) is 6.54 Å². The van der Waals surface area contributed by atoms with E-state index in [9.17, 15) is 4.39 Å². The first-order valence-corrected chi connectivity index (χ1v) is 6.01. The van der Waals surface area contributed by atoms with Gasteiger partial charge in [-0.3, -0.25) is 0 Å². The number of nitriles is 1. The second-order valence-corrected chi connectivity index (χ2v) is 5.14. The van der Waals surface area contributed by atoms with Crippen molar-refractivity contribution in [3.63, 3.8) is 0 Å². The van der Waals surface area contributed by atoms with Crippen LogP contribution < -0.4 is 5.32 Å². The van der Waals surface area contributed by atoms with Crippen LogP contribution in [-0.2, 0) is 0 Å². The second-order valence-electron chi connectivity index (χ2n) is 5.14. The summed E-state index contributed by atoms with van der Waals surface area (Å²) in [7, 11) is 0. The minimum atomic E-state index is -0.452. The molecule has 0 radical (unpaired) electrons. The van der Waals surface area contributed by atoms with Crippen molar-refractivity contribution in [2.24, 2.45) is 11.3 Å². The molecule has 3 heteroatoms. The monoisotopic (exact) mass is 232 g/mol. The van der Waals surface area contributed by atoms with Crippen LogP contribution in [0.2, 0.25) is 0 Å². The topological polar surface area (TPSA) is 35.8 Å². The zero-order chi connectivity index (χ0) is 12.5. The number of anilines is 1. The molecule has 0 amide bonds. The van der Waals surface area contributed by atoms with Gasteiger partial charge in [-0.25, -0.2) is 4.39 Å². The van der Waals surface area contributed by atoms with Crippen molar-refractivity contribution in [1.29, 1.82) is 5.26 Å². The molecule has 1 aromatic carbocycles. The highest BCUT2D eigenvalue weighted by Crippen LogP contribution is 2.51. The van der Waals surface area contributed by atoms with Crippen molar-refractivity contribution in [2.75, 3.05) is 11.9 Å². The van der Waals surface area contributed by atoms with Crippen molar-refractivity contribution in [3.05, 3.63) is 29.6 Å². The Hall–Kier alpha value is -1.56. The van der Waals surface area contributed by atoms with Crippen molar-refractivity contribution in [1.82, 2.24) is 0 Å². The van der Waals surface area contributed by atoms with Gasteiger partial charge in [-0.2, -0.15) is 5.26 Å². The van der Waals surface area contributed by atoms with E-state index in [0.717, 1.165) is 6.54 Å². The van der Waals surface area contributed by atoms with E-state index in [1.807, 2.05) is 6.07 Å². The Balaban J connectivity index is 2.10. The van der Waals surface area contributed by atoms with Crippen molar-refractivity contribution in [3.8, 4) is 6.07 Å². The van der Waals surface area contributed by atoms with Crippen molar-refractivity contribution in [2.45, 2.75) is 26.7 Å². The van der Waals surface area contributed by atoms with Gasteiger partial charge in [-0.05, 0) is 36.3 Å². The largest absolute Gasteiger partial charge is 0.383 e. The van der Waals surface area contributed by atoms with Gasteiger partial charge in [0, 0.05) is 6.54 Å². The molecule has 0 saturated heterocycles. The first-order chi connectivity index (χ1) is 8.09. The molecule has 0 aromatic heterocycles. The Bertz CT molecular complexity index is 456. The van der Waals surface area contributed by atoms with Crippen LogP contribution in [0.15, 0.2) is 18.2 Å². The number of benzene rings is 1. The zero-order valence-electron chi connectivity index (χ0n) is 10.3. The molecular formula is C14H17FN2. The van der Waals surface area contributed by atoms with E-state index in [1.54, 1.807) is 12.1 Å². The number of nitrogens with zero attached hydrogens (tertiary/aromatic N) is 1. The molecule has 0 bridgehead atoms. The summed E-state index contributed by atoms with van der Waals surface area (Å²) in [5.41, 5.74) is 1.07. The summed E-state index contributed by atoms with van der Waals surface area (Å²) in [5.74, 6) is 0.168. The molecule has 1 N–H and O–H groups in total. The zero-order valence-corrected chi connectivity index (χ0v) is 10.3. The highest BCUT2D eigenvalue weighted by Gasteiger charge is 2.44. The lowest BCUT2D eigenvalue weighted by atomic mass is 9.92. The number of hydrogen-bond donors (Lipinski definition) is 1. The average molecular weight is 232 g/mol. The molecular weight excluding hydrogens is 215 g/mol. The van der Waals surface area contributed by atoms with E-state index in [0.29, 0.717) is 17.0 Å². The third kappa shape index (κ3) is 2.26. The molecule has 0 aliphatic heterocycles. The molecule has 1 aliphatic carbocycles. The van der Waals surface area contributed by atoms with Gasteiger partial charge >= 0.3 is 0 Å². The second kappa shape index (κ2) is 4.37. The van der Waals surface area contributed by atoms with E-state index >= 15 is 0 Å². The fraction of sp³-hybridized carbons (Fsp3) is 0.500. The molecule has 1 aromatic rings. The van der Waals surface area contributed by atoms with Gasteiger partial charge in [0.25, 0.3) is 0 Å². The fourth-order valence-electron chi connectivity index (χ4n) is 2.18. The van der Waals surface area contributed by atoms with Gasteiger partial charge in [0.05, 0.1) is 5.69 Å². The summed E-state index contributed by atoms with van der Waals surface area (Å²) >= 11 is 0. The van der Waals surface area contributed by atoms with Crippen molar-refractivity contribution < 1.29 is 4.39 Å². The molecule has 1 aliphatic rings. The van der Waals surface area contributed by atoms with Gasteiger partial charge in [-0.15, -0.1) is 0 Å². The maximum absolute atomic E-state index is 13.4. The highest BCUT2D eigenvalue weighted by atomic mass is 19.1. The summed E-state index contributed by atoms with van der Waals surface area (Å²) in [6.07, 6.45) is 2.43. The Labute approximate surface area is 101 Å². The molecule has 2 rings (SSSR count). The molecule has 0 unspecified atom stereocenters. The summed E-state index contributed by atoms with van der Waals surface area (Å²) in [6.45, 7) is 5.25. The quantitative estimate of drug-likeness (QED) is 0.861. The Morgan fingerprint density at radius 1 is 1.47 bits per heavy atom. The third-order valence-corrected chi connectivity index (χ3v) is 3.87. The third-order valence-electron chi connectivity index (χ3n) is 3.87. The van der Waals surface area contributed by atoms with E-state index in [4.69, 9.17) is 5.26 Å². The standard InChI is InChI=1S/C14H17FN2/c1-10(2)14(6-7-14)9-17-13-5-3-4-12(15)11(13)8-16/h3-5,10,17H,6-7,9H2,1-2H3. The van der Waals surface area contributed by atoms with Crippen LogP contribution in [0, 0.1) is 28.5 Å². The van der Waals surface area contributed by atoms with Gasteiger partial charge in [0.1, 0.15) is 17.4 Å². The molecule has 90 valence electrons. The summed E-state index contributed by atoms with van der Waals surface area (Å²) in [5, 5.41) is 12.2. The lowest BCUT2D eigenvalue weighted by Gasteiger charge is -2.21. The maximum atomic E-state index is 13.4. The SMILES string of the molecule is CC(C)C1(CNc2cccc(F)c2C#N)CC1. The summed E-state index contributed by atoms with van der Waals surface area (Å²) in [4.78, 5) is 0. The van der Waals surface area contributed by atoms with Crippen LogP contribution in [0.1, 0.15) is 32.3 Å². The van der Waals surface area contributed by atoms with Gasteiger partial charge in [0.15, 0.2) is 0 Å². The number of rotatable bonds is 4. The fourth-order valence-corrected chi connectivity index (χ4v) is 2.18. The van der Waals surface area contributed by atoms with Gasteiger partial charge in [-0.1, -0.05) is 19.9 Å². The minimum Gasteiger partial charge on any atom is -0.383 e. The van der Waals surface area contributed by atoms with E-state index in [1.165, 1.54) is 18.9 Å².